The van der Waals surface area contributed by atoms with Crippen molar-refractivity contribution in [1.29, 1.82) is 0 Å². The predicted molar refractivity (Wildman–Crippen MR) is 68.2 cm³/mol. The van der Waals surface area contributed by atoms with Gasteiger partial charge in [0.25, 0.3) is 0 Å². The number of unbranched alkanes of at least 4 members (excludes halogenated alkanes) is 1. The Kier molecular flexibility index (Phi) is 5.28. The minimum atomic E-state index is -1.42. The number of aryl methyl sites for hydroxylation is 1. The number of halogens is 1. The summed E-state index contributed by atoms with van der Waals surface area (Å²) in [4.78, 5) is 10.4. The second kappa shape index (κ2) is 6.49. The van der Waals surface area contributed by atoms with E-state index in [1.54, 1.807) is 13.0 Å². The Hall–Kier alpha value is -1.23. The maximum Gasteiger partial charge on any atom is 0.511 e. The molecule has 1 aromatic carbocycles. The topological polar surface area (TPSA) is 66.8 Å². The van der Waals surface area contributed by atoms with Crippen LogP contribution >= 0.6 is 15.9 Å². The van der Waals surface area contributed by atoms with Crippen LogP contribution in [0.25, 0.3) is 0 Å². The van der Waals surface area contributed by atoms with Crippen molar-refractivity contribution in [3.05, 3.63) is 23.3 Å². The van der Waals surface area contributed by atoms with E-state index in [-0.39, 0.29) is 11.5 Å². The van der Waals surface area contributed by atoms with Gasteiger partial charge in [0, 0.05) is 5.33 Å². The average Bonchev–Trinajstić information content (AvgIpc) is 2.28. The maximum atomic E-state index is 10.4. The van der Waals surface area contributed by atoms with Crippen LogP contribution in [0.4, 0.5) is 4.79 Å². The van der Waals surface area contributed by atoms with Crippen molar-refractivity contribution >= 4 is 22.1 Å². The number of alkyl halides is 1. The molecule has 0 spiro atoms. The van der Waals surface area contributed by atoms with Crippen LogP contribution in [-0.2, 0) is 6.42 Å². The van der Waals surface area contributed by atoms with Gasteiger partial charge in [-0.3, -0.25) is 0 Å². The fourth-order valence-corrected chi connectivity index (χ4v) is 1.97. The average molecular weight is 303 g/mol. The smallest absolute Gasteiger partial charge is 0.504 e. The van der Waals surface area contributed by atoms with Gasteiger partial charge in [-0.05, 0) is 43.4 Å². The van der Waals surface area contributed by atoms with Crippen molar-refractivity contribution in [2.45, 2.75) is 26.2 Å². The van der Waals surface area contributed by atoms with Crippen molar-refractivity contribution in [2.24, 2.45) is 0 Å². The summed E-state index contributed by atoms with van der Waals surface area (Å²) in [7, 11) is 0. The van der Waals surface area contributed by atoms with Crippen molar-refractivity contribution in [3.8, 4) is 11.5 Å². The Morgan fingerprint density at radius 2 is 2.12 bits per heavy atom. The number of carbonyl (C=O) groups is 1. The highest BCUT2D eigenvalue weighted by Crippen LogP contribution is 2.32. The number of ether oxygens (including phenoxy) is 1. The standard InChI is InChI=1S/C12H15BrO4/c1-8-9(4-2-3-7-13)5-6-10(11(8)14)17-12(15)16/h5-6,14H,2-4,7H2,1H3,(H,15,16). The summed E-state index contributed by atoms with van der Waals surface area (Å²) in [5, 5.41) is 19.2. The minimum Gasteiger partial charge on any atom is -0.504 e. The number of phenols is 1. The summed E-state index contributed by atoms with van der Waals surface area (Å²) in [6, 6.07) is 3.28. The molecule has 0 amide bonds. The Morgan fingerprint density at radius 3 is 2.71 bits per heavy atom. The summed E-state index contributed by atoms with van der Waals surface area (Å²) < 4.78 is 4.47. The summed E-state index contributed by atoms with van der Waals surface area (Å²) >= 11 is 3.36. The molecule has 1 aromatic rings. The molecule has 0 bridgehead atoms. The zero-order valence-corrected chi connectivity index (χ0v) is 11.2. The van der Waals surface area contributed by atoms with E-state index < -0.39 is 6.16 Å². The molecule has 0 aromatic heterocycles. The number of benzene rings is 1. The number of hydrogen-bond donors (Lipinski definition) is 2. The third-order valence-electron chi connectivity index (χ3n) is 2.53. The monoisotopic (exact) mass is 302 g/mol. The van der Waals surface area contributed by atoms with Crippen molar-refractivity contribution in [1.82, 2.24) is 0 Å². The highest BCUT2D eigenvalue weighted by molar-refractivity contribution is 9.09. The van der Waals surface area contributed by atoms with E-state index in [4.69, 9.17) is 5.11 Å². The molecule has 0 radical (unpaired) electrons. The Bertz CT molecular complexity index is 404. The molecular formula is C12H15BrO4. The molecule has 94 valence electrons. The van der Waals surface area contributed by atoms with Crippen LogP contribution < -0.4 is 4.74 Å². The first kappa shape index (κ1) is 13.8. The normalized spacial score (nSPS) is 10.2. The van der Waals surface area contributed by atoms with Crippen LogP contribution in [-0.4, -0.2) is 21.7 Å². The lowest BCUT2D eigenvalue weighted by molar-refractivity contribution is 0.143. The van der Waals surface area contributed by atoms with Gasteiger partial charge in [0.15, 0.2) is 11.5 Å². The number of rotatable bonds is 5. The second-order valence-electron chi connectivity index (χ2n) is 3.71. The van der Waals surface area contributed by atoms with Crippen LogP contribution in [0.2, 0.25) is 0 Å². The van der Waals surface area contributed by atoms with E-state index >= 15 is 0 Å². The lowest BCUT2D eigenvalue weighted by Crippen LogP contribution is -2.04. The third kappa shape index (κ3) is 3.93. The molecule has 0 saturated heterocycles. The quantitative estimate of drug-likeness (QED) is 0.378. The van der Waals surface area contributed by atoms with Crippen molar-refractivity contribution < 1.29 is 19.7 Å². The van der Waals surface area contributed by atoms with E-state index in [1.165, 1.54) is 6.07 Å². The third-order valence-corrected chi connectivity index (χ3v) is 3.09. The van der Waals surface area contributed by atoms with E-state index in [0.29, 0.717) is 5.56 Å². The molecule has 0 heterocycles. The van der Waals surface area contributed by atoms with Crippen molar-refractivity contribution in [2.75, 3.05) is 5.33 Å². The lowest BCUT2D eigenvalue weighted by atomic mass is 10.0. The SMILES string of the molecule is Cc1c(CCCCBr)ccc(OC(=O)O)c1O. The number of carboxylic acid groups (broad SMARTS) is 1. The minimum absolute atomic E-state index is 0.0146. The molecule has 5 heteroatoms. The summed E-state index contributed by atoms with van der Waals surface area (Å²) in [5.41, 5.74) is 1.69. The van der Waals surface area contributed by atoms with Gasteiger partial charge in [0.2, 0.25) is 0 Å². The van der Waals surface area contributed by atoms with Gasteiger partial charge in [-0.25, -0.2) is 4.79 Å². The molecular weight excluding hydrogens is 288 g/mol. The molecule has 0 aliphatic rings. The summed E-state index contributed by atoms with van der Waals surface area (Å²) in [6.07, 6.45) is 1.52. The second-order valence-corrected chi connectivity index (χ2v) is 4.50. The zero-order chi connectivity index (χ0) is 12.8. The van der Waals surface area contributed by atoms with Gasteiger partial charge < -0.3 is 14.9 Å². The Balaban J connectivity index is 2.82. The van der Waals surface area contributed by atoms with Gasteiger partial charge >= 0.3 is 6.16 Å². The molecule has 0 atom stereocenters. The molecule has 17 heavy (non-hydrogen) atoms. The van der Waals surface area contributed by atoms with Gasteiger partial charge in [-0.15, -0.1) is 0 Å². The van der Waals surface area contributed by atoms with Gasteiger partial charge in [0.05, 0.1) is 0 Å². The number of hydrogen-bond acceptors (Lipinski definition) is 3. The zero-order valence-electron chi connectivity index (χ0n) is 9.57. The number of aromatic hydroxyl groups is 1. The van der Waals surface area contributed by atoms with Crippen LogP contribution in [0.15, 0.2) is 12.1 Å². The van der Waals surface area contributed by atoms with Gasteiger partial charge in [-0.2, -0.15) is 0 Å². The predicted octanol–water partition coefficient (Wildman–Crippen LogP) is 3.48. The number of phenolic OH excluding ortho intramolecular Hbond substituents is 1. The Labute approximate surface area is 108 Å². The van der Waals surface area contributed by atoms with Crippen LogP contribution in [0, 0.1) is 6.92 Å². The van der Waals surface area contributed by atoms with Crippen molar-refractivity contribution in [3.63, 3.8) is 0 Å². The molecule has 1 rings (SSSR count). The van der Waals surface area contributed by atoms with E-state index in [2.05, 4.69) is 20.7 Å². The van der Waals surface area contributed by atoms with Gasteiger partial charge in [-0.1, -0.05) is 22.0 Å². The summed E-state index contributed by atoms with van der Waals surface area (Å²) in [5.74, 6) is -0.108. The molecule has 0 fully saturated rings. The first-order valence-corrected chi connectivity index (χ1v) is 6.46. The first-order chi connectivity index (χ1) is 8.06. The van der Waals surface area contributed by atoms with Crippen LogP contribution in [0.1, 0.15) is 24.0 Å². The lowest BCUT2D eigenvalue weighted by Gasteiger charge is -2.10. The molecule has 0 aliphatic heterocycles. The van der Waals surface area contributed by atoms with Crippen LogP contribution in [0.3, 0.4) is 0 Å². The molecule has 4 nitrogen and oxygen atoms in total. The molecule has 2 N–H and O–H groups in total. The highest BCUT2D eigenvalue weighted by atomic mass is 79.9. The molecule has 0 unspecified atom stereocenters. The highest BCUT2D eigenvalue weighted by Gasteiger charge is 2.12. The Morgan fingerprint density at radius 1 is 1.41 bits per heavy atom. The molecule has 0 saturated carbocycles. The molecule has 0 aliphatic carbocycles. The van der Waals surface area contributed by atoms with Gasteiger partial charge in [0.1, 0.15) is 0 Å². The summed E-state index contributed by atoms with van der Waals surface area (Å²) in [6.45, 7) is 1.76. The first-order valence-electron chi connectivity index (χ1n) is 5.34. The largest absolute Gasteiger partial charge is 0.511 e. The van der Waals surface area contributed by atoms with E-state index in [1.807, 2.05) is 0 Å². The van der Waals surface area contributed by atoms with Crippen LogP contribution in [0.5, 0.6) is 11.5 Å². The maximum absolute atomic E-state index is 10.4. The van der Waals surface area contributed by atoms with E-state index in [0.717, 1.165) is 30.2 Å². The van der Waals surface area contributed by atoms with E-state index in [9.17, 15) is 9.90 Å². The fraction of sp³-hybridized carbons (Fsp3) is 0.417. The fourth-order valence-electron chi connectivity index (χ4n) is 1.57.